The van der Waals surface area contributed by atoms with Crippen LogP contribution in [0.5, 0.6) is 0 Å². The Morgan fingerprint density at radius 2 is 2.12 bits per heavy atom. The Morgan fingerprint density at radius 3 is 2.81 bits per heavy atom. The lowest BCUT2D eigenvalue weighted by molar-refractivity contribution is 0.103. The van der Waals surface area contributed by atoms with Crippen molar-refractivity contribution in [3.63, 3.8) is 0 Å². The van der Waals surface area contributed by atoms with E-state index in [1.54, 1.807) is 0 Å². The smallest absolute Gasteiger partial charge is 0.0956 e. The largest absolute Gasteiger partial charge is 0.375 e. The first-order valence-corrected chi connectivity index (χ1v) is 5.66. The molecule has 1 saturated heterocycles. The molecule has 1 aliphatic heterocycles. The zero-order chi connectivity index (χ0) is 11.2. The van der Waals surface area contributed by atoms with E-state index < -0.39 is 0 Å². The minimum atomic E-state index is 0.0188. The molecule has 1 N–H and O–H groups in total. The lowest BCUT2D eigenvalue weighted by atomic mass is 10.2. The monoisotopic (exact) mass is 216 g/mol. The van der Waals surface area contributed by atoms with E-state index in [4.69, 9.17) is 10.00 Å². The molecule has 0 saturated carbocycles. The molecule has 0 bridgehead atoms. The first kappa shape index (κ1) is 11.1. The van der Waals surface area contributed by atoms with Gasteiger partial charge in [0.2, 0.25) is 0 Å². The molecule has 0 aromatic heterocycles. The number of nitriles is 1. The number of benzene rings is 1. The van der Waals surface area contributed by atoms with Crippen LogP contribution in [0.4, 0.5) is 0 Å². The zero-order valence-corrected chi connectivity index (χ0v) is 9.23. The van der Waals surface area contributed by atoms with Crippen molar-refractivity contribution < 1.29 is 4.74 Å². The number of hydrogen-bond donors (Lipinski definition) is 1. The first-order valence-electron chi connectivity index (χ1n) is 5.66. The van der Waals surface area contributed by atoms with E-state index in [1.807, 2.05) is 18.2 Å². The van der Waals surface area contributed by atoms with Gasteiger partial charge in [-0.1, -0.05) is 30.3 Å². The molecule has 1 fully saturated rings. The summed E-state index contributed by atoms with van der Waals surface area (Å²) in [6.07, 6.45) is 1.98. The molecular formula is C13H16N2O. The van der Waals surface area contributed by atoms with Crippen molar-refractivity contribution in [1.82, 2.24) is 5.32 Å². The van der Waals surface area contributed by atoms with Crippen molar-refractivity contribution in [2.75, 3.05) is 6.61 Å². The average molecular weight is 216 g/mol. The van der Waals surface area contributed by atoms with E-state index in [9.17, 15) is 0 Å². The summed E-state index contributed by atoms with van der Waals surface area (Å²) in [6, 6.07) is 12.7. The SMILES string of the molecule is N#C[C@H]1CC[C@@H](COCc2ccccc2)N1. The second-order valence-corrected chi connectivity index (χ2v) is 4.12. The minimum Gasteiger partial charge on any atom is -0.375 e. The summed E-state index contributed by atoms with van der Waals surface area (Å²) in [6.45, 7) is 1.34. The Bertz CT molecular complexity index is 358. The molecule has 3 nitrogen and oxygen atoms in total. The van der Waals surface area contributed by atoms with Crippen LogP contribution in [0.1, 0.15) is 18.4 Å². The lowest BCUT2D eigenvalue weighted by Gasteiger charge is -2.11. The van der Waals surface area contributed by atoms with Gasteiger partial charge < -0.3 is 4.74 Å². The van der Waals surface area contributed by atoms with Gasteiger partial charge in [0.05, 0.1) is 25.3 Å². The van der Waals surface area contributed by atoms with Crippen LogP contribution >= 0.6 is 0 Å². The van der Waals surface area contributed by atoms with Crippen LogP contribution in [0.3, 0.4) is 0 Å². The van der Waals surface area contributed by atoms with E-state index in [0.29, 0.717) is 19.3 Å². The van der Waals surface area contributed by atoms with Gasteiger partial charge >= 0.3 is 0 Å². The second-order valence-electron chi connectivity index (χ2n) is 4.12. The van der Waals surface area contributed by atoms with E-state index in [2.05, 4.69) is 23.5 Å². The predicted octanol–water partition coefficient (Wildman–Crippen LogP) is 1.85. The van der Waals surface area contributed by atoms with Gasteiger partial charge in [0, 0.05) is 6.04 Å². The molecule has 1 aromatic carbocycles. The predicted molar refractivity (Wildman–Crippen MR) is 61.7 cm³/mol. The second kappa shape index (κ2) is 5.64. The molecule has 1 aromatic rings. The summed E-state index contributed by atoms with van der Waals surface area (Å²) in [4.78, 5) is 0. The van der Waals surface area contributed by atoms with E-state index in [-0.39, 0.29) is 6.04 Å². The van der Waals surface area contributed by atoms with Gasteiger partial charge in [-0.2, -0.15) is 5.26 Å². The third-order valence-electron chi connectivity index (χ3n) is 2.83. The van der Waals surface area contributed by atoms with Crippen LogP contribution in [0.25, 0.3) is 0 Å². The fourth-order valence-electron chi connectivity index (χ4n) is 1.95. The summed E-state index contributed by atoms with van der Waals surface area (Å²) in [7, 11) is 0. The van der Waals surface area contributed by atoms with Crippen LogP contribution in [-0.4, -0.2) is 18.7 Å². The molecule has 0 radical (unpaired) electrons. The topological polar surface area (TPSA) is 45.0 Å². The quantitative estimate of drug-likeness (QED) is 0.835. The van der Waals surface area contributed by atoms with Gasteiger partial charge in [-0.25, -0.2) is 0 Å². The highest BCUT2D eigenvalue weighted by atomic mass is 16.5. The third-order valence-corrected chi connectivity index (χ3v) is 2.83. The molecular weight excluding hydrogens is 200 g/mol. The Morgan fingerprint density at radius 1 is 1.31 bits per heavy atom. The highest BCUT2D eigenvalue weighted by Gasteiger charge is 2.22. The summed E-state index contributed by atoms with van der Waals surface area (Å²) in [5, 5.41) is 12.0. The molecule has 16 heavy (non-hydrogen) atoms. The van der Waals surface area contributed by atoms with Crippen molar-refractivity contribution in [2.45, 2.75) is 31.5 Å². The van der Waals surface area contributed by atoms with Crippen LogP contribution in [-0.2, 0) is 11.3 Å². The van der Waals surface area contributed by atoms with E-state index in [0.717, 1.165) is 12.8 Å². The van der Waals surface area contributed by atoms with Crippen LogP contribution in [0.15, 0.2) is 30.3 Å². The van der Waals surface area contributed by atoms with Crippen molar-refractivity contribution in [2.24, 2.45) is 0 Å². The number of nitrogens with zero attached hydrogens (tertiary/aromatic N) is 1. The molecule has 3 heteroatoms. The van der Waals surface area contributed by atoms with Crippen molar-refractivity contribution >= 4 is 0 Å². The third kappa shape index (κ3) is 3.06. The molecule has 0 spiro atoms. The van der Waals surface area contributed by atoms with Gasteiger partial charge in [-0.15, -0.1) is 0 Å². The summed E-state index contributed by atoms with van der Waals surface area (Å²) in [5.74, 6) is 0. The van der Waals surface area contributed by atoms with Crippen LogP contribution < -0.4 is 5.32 Å². The molecule has 0 aliphatic carbocycles. The van der Waals surface area contributed by atoms with Crippen molar-refractivity contribution in [1.29, 1.82) is 5.26 Å². The number of ether oxygens (including phenoxy) is 1. The maximum Gasteiger partial charge on any atom is 0.0956 e. The van der Waals surface area contributed by atoms with Gasteiger partial charge in [-0.3, -0.25) is 5.32 Å². The van der Waals surface area contributed by atoms with Crippen molar-refractivity contribution in [3.8, 4) is 6.07 Å². The highest BCUT2D eigenvalue weighted by Crippen LogP contribution is 2.12. The number of nitrogens with one attached hydrogen (secondary N) is 1. The van der Waals surface area contributed by atoms with Crippen molar-refractivity contribution in [3.05, 3.63) is 35.9 Å². The van der Waals surface area contributed by atoms with Gasteiger partial charge in [-0.05, 0) is 18.4 Å². The molecule has 0 amide bonds. The molecule has 2 rings (SSSR count). The molecule has 1 heterocycles. The Labute approximate surface area is 96.0 Å². The molecule has 2 atom stereocenters. The minimum absolute atomic E-state index is 0.0188. The van der Waals surface area contributed by atoms with Gasteiger partial charge in [0.1, 0.15) is 0 Å². The maximum atomic E-state index is 8.73. The zero-order valence-electron chi connectivity index (χ0n) is 9.23. The Kier molecular flexibility index (Phi) is 3.92. The molecule has 1 aliphatic rings. The van der Waals surface area contributed by atoms with Crippen LogP contribution in [0.2, 0.25) is 0 Å². The Hall–Kier alpha value is -1.37. The van der Waals surface area contributed by atoms with Gasteiger partial charge in [0.25, 0.3) is 0 Å². The number of hydrogen-bond acceptors (Lipinski definition) is 3. The lowest BCUT2D eigenvalue weighted by Crippen LogP contribution is -2.31. The van der Waals surface area contributed by atoms with Crippen LogP contribution in [0, 0.1) is 11.3 Å². The highest BCUT2D eigenvalue weighted by molar-refractivity contribution is 5.13. The fourth-order valence-corrected chi connectivity index (χ4v) is 1.95. The fraction of sp³-hybridized carbons (Fsp3) is 0.462. The normalized spacial score (nSPS) is 24.2. The van der Waals surface area contributed by atoms with E-state index in [1.165, 1.54) is 5.56 Å². The van der Waals surface area contributed by atoms with E-state index >= 15 is 0 Å². The summed E-state index contributed by atoms with van der Waals surface area (Å²) >= 11 is 0. The summed E-state index contributed by atoms with van der Waals surface area (Å²) < 4.78 is 5.62. The maximum absolute atomic E-state index is 8.73. The first-order chi connectivity index (χ1) is 7.88. The number of rotatable bonds is 4. The Balaban J connectivity index is 1.68. The van der Waals surface area contributed by atoms with Gasteiger partial charge in [0.15, 0.2) is 0 Å². The average Bonchev–Trinajstić information content (AvgIpc) is 2.78. The standard InChI is InChI=1S/C13H16N2O/c14-8-12-6-7-13(15-12)10-16-9-11-4-2-1-3-5-11/h1-5,12-13,15H,6-7,9-10H2/t12-,13+/m1/s1. The summed E-state index contributed by atoms with van der Waals surface area (Å²) in [5.41, 5.74) is 1.19. The molecule has 0 unspecified atom stereocenters. The molecule has 84 valence electrons.